The Bertz CT molecular complexity index is 4170. The van der Waals surface area contributed by atoms with Crippen LogP contribution in [-0.4, -0.2) is 116 Å². The molecule has 23 nitrogen and oxygen atoms in total. The van der Waals surface area contributed by atoms with E-state index < -0.39 is 115 Å². The number of hydrogen-bond donors (Lipinski definition) is 6. The minimum atomic E-state index is -1.28. The predicted molar refractivity (Wildman–Crippen MR) is 330 cm³/mol. The molecule has 88 heavy (non-hydrogen) atoms. The number of aromatic nitrogens is 7. The SMILES string of the molecule is Cc1ccc(C[C@@H]2NC(=O)c3csc(n3)[C@H]([C@H](OC(=O)CCC(=O)O)c3ccccc3)CC(=O)c3nc(sc3C)[C@H](CC(N)=O)NC(=O)c3csc(n3)-c3ccc(-c4nc(C(N)=O)cs4)nc3-c3csc(n3)-c3csc(n3)[C@@H]3[C@@H](C)[C@@H](O)CN3C2=O)cc1. The highest BCUT2D eigenvalue weighted by molar-refractivity contribution is 7.15. The van der Waals surface area contributed by atoms with E-state index in [-0.39, 0.29) is 45.8 Å². The first kappa shape index (κ1) is 61.0. The largest absolute Gasteiger partial charge is 0.481 e. The molecule has 0 saturated carbocycles. The van der Waals surface area contributed by atoms with Crippen molar-refractivity contribution >= 4 is 115 Å². The number of benzene rings is 2. The van der Waals surface area contributed by atoms with E-state index in [0.29, 0.717) is 58.8 Å². The third kappa shape index (κ3) is 13.2. The number of aliphatic hydroxyl groups excluding tert-OH is 1. The number of carboxylic acids is 1. The molecule has 10 bridgehead atoms. The van der Waals surface area contributed by atoms with E-state index in [4.69, 9.17) is 46.1 Å². The summed E-state index contributed by atoms with van der Waals surface area (Å²) in [4.78, 5) is 145. The van der Waals surface area contributed by atoms with Crippen molar-refractivity contribution in [3.05, 3.63) is 153 Å². The van der Waals surface area contributed by atoms with Crippen LogP contribution in [0.4, 0.5) is 0 Å². The number of hydrogen-bond acceptors (Lipinski definition) is 23. The van der Waals surface area contributed by atoms with E-state index in [0.717, 1.165) is 56.5 Å². The Morgan fingerprint density at radius 1 is 0.682 bits per heavy atom. The number of nitrogens with two attached hydrogens (primary N) is 2. The average Bonchev–Trinajstić information content (AvgIpc) is 1.78. The van der Waals surface area contributed by atoms with E-state index in [1.165, 1.54) is 43.7 Å². The summed E-state index contributed by atoms with van der Waals surface area (Å²) in [6.07, 6.45) is -4.13. The van der Waals surface area contributed by atoms with Gasteiger partial charge in [0.25, 0.3) is 17.7 Å². The van der Waals surface area contributed by atoms with Gasteiger partial charge in [-0.1, -0.05) is 67.1 Å². The molecule has 2 aliphatic heterocycles. The van der Waals surface area contributed by atoms with Crippen LogP contribution in [0, 0.1) is 19.8 Å². The van der Waals surface area contributed by atoms with Crippen molar-refractivity contribution in [2.45, 2.75) is 89.1 Å². The third-order valence-electron chi connectivity index (χ3n) is 14.7. The molecule has 5 amide bonds. The fourth-order valence-electron chi connectivity index (χ4n) is 10.2. The van der Waals surface area contributed by atoms with Crippen LogP contribution < -0.4 is 22.1 Å². The number of rotatable bonds is 12. The molecule has 0 spiro atoms. The Morgan fingerprint density at radius 2 is 1.33 bits per heavy atom. The molecule has 11 rings (SSSR count). The number of nitrogens with one attached hydrogen (secondary N) is 2. The van der Waals surface area contributed by atoms with Gasteiger partial charge in [0.05, 0.1) is 49.1 Å². The van der Waals surface area contributed by atoms with Crippen molar-refractivity contribution in [1.29, 1.82) is 0 Å². The van der Waals surface area contributed by atoms with Gasteiger partial charge in [0, 0.05) is 62.6 Å². The number of aryl methyl sites for hydroxylation is 2. The van der Waals surface area contributed by atoms with Crippen LogP contribution in [0.3, 0.4) is 0 Å². The van der Waals surface area contributed by atoms with E-state index in [1.807, 2.05) is 38.1 Å². The van der Waals surface area contributed by atoms with Gasteiger partial charge in [0.2, 0.25) is 11.8 Å². The van der Waals surface area contributed by atoms with E-state index in [9.17, 15) is 43.8 Å². The van der Waals surface area contributed by atoms with Crippen LogP contribution in [0.1, 0.15) is 135 Å². The molecule has 2 aliphatic rings. The molecule has 7 aromatic heterocycles. The molecule has 9 heterocycles. The van der Waals surface area contributed by atoms with Crippen molar-refractivity contribution in [2.24, 2.45) is 17.4 Å². The van der Waals surface area contributed by atoms with Crippen molar-refractivity contribution in [2.75, 3.05) is 6.54 Å². The third-order valence-corrected chi connectivity index (χ3v) is 20.3. The first-order valence-electron chi connectivity index (χ1n) is 27.3. The number of carbonyl (C=O) groups is 8. The van der Waals surface area contributed by atoms with Gasteiger partial charge in [-0.15, -0.1) is 68.0 Å². The number of fused-ring (bicyclic) bond motifs is 16. The van der Waals surface area contributed by atoms with Gasteiger partial charge in [-0.3, -0.25) is 38.4 Å². The van der Waals surface area contributed by atoms with Crippen molar-refractivity contribution in [1.82, 2.24) is 50.4 Å². The number of esters is 1. The molecule has 2 aromatic carbocycles. The molecule has 8 N–H and O–H groups in total. The van der Waals surface area contributed by atoms with E-state index >= 15 is 4.79 Å². The second-order valence-corrected chi connectivity index (χ2v) is 26.5. The highest BCUT2D eigenvalue weighted by Crippen LogP contribution is 2.44. The number of carboxylic acid groups (broad SMARTS) is 1. The summed E-state index contributed by atoms with van der Waals surface area (Å²) in [5.41, 5.74) is 15.4. The van der Waals surface area contributed by atoms with Crippen LogP contribution >= 0.6 is 68.0 Å². The predicted octanol–water partition coefficient (Wildman–Crippen LogP) is 8.29. The first-order chi connectivity index (χ1) is 42.2. The lowest BCUT2D eigenvalue weighted by molar-refractivity contribution is -0.153. The van der Waals surface area contributed by atoms with Gasteiger partial charge < -0.3 is 42.0 Å². The van der Waals surface area contributed by atoms with E-state index in [2.05, 4.69) is 15.6 Å². The van der Waals surface area contributed by atoms with Gasteiger partial charge in [-0.2, -0.15) is 0 Å². The number of carbonyl (C=O) groups excluding carboxylic acids is 7. The Morgan fingerprint density at radius 3 is 2.06 bits per heavy atom. The molecule has 450 valence electrons. The topological polar surface area (TPSA) is 356 Å². The number of aliphatic carboxylic acids is 1. The van der Waals surface area contributed by atoms with Gasteiger partial charge in [0.15, 0.2) is 5.78 Å². The molecule has 7 atom stereocenters. The summed E-state index contributed by atoms with van der Waals surface area (Å²) in [6.45, 7) is 5.30. The molecule has 0 unspecified atom stereocenters. The van der Waals surface area contributed by atoms with Gasteiger partial charge >= 0.3 is 11.9 Å². The number of thiazole rings is 6. The average molecular weight is 1300 g/mol. The lowest BCUT2D eigenvalue weighted by atomic mass is 9.90. The maximum Gasteiger partial charge on any atom is 0.307 e. The Balaban J connectivity index is 1.03. The quantitative estimate of drug-likeness (QED) is 0.0626. The highest BCUT2D eigenvalue weighted by atomic mass is 32.1. The molecule has 9 aromatic rings. The zero-order chi connectivity index (χ0) is 62.1. The number of aliphatic hydroxyl groups is 1. The monoisotopic (exact) mass is 1300 g/mol. The number of amides is 5. The fourth-order valence-corrected chi connectivity index (χ4v) is 15.6. The molecule has 29 heteroatoms. The number of pyridine rings is 1. The van der Waals surface area contributed by atoms with Crippen molar-refractivity contribution in [3.8, 4) is 43.4 Å². The molecule has 1 fully saturated rings. The smallest absolute Gasteiger partial charge is 0.307 e. The van der Waals surface area contributed by atoms with Crippen LogP contribution in [0.5, 0.6) is 0 Å². The molecule has 1 saturated heterocycles. The normalized spacial score (nSPS) is 19.3. The van der Waals surface area contributed by atoms with Gasteiger partial charge in [0.1, 0.15) is 82.0 Å². The zero-order valence-corrected chi connectivity index (χ0v) is 51.7. The number of Topliss-reactive ketones (excluding diaryl/α,β-unsaturated/α-hetero) is 1. The van der Waals surface area contributed by atoms with Crippen LogP contribution in [0.25, 0.3) is 43.4 Å². The first-order valence-corrected chi connectivity index (χ1v) is 32.5. The zero-order valence-electron chi connectivity index (χ0n) is 46.8. The van der Waals surface area contributed by atoms with Gasteiger partial charge in [-0.25, -0.2) is 34.9 Å². The Kier molecular flexibility index (Phi) is 18.0. The number of ether oxygens (including phenoxy) is 1. The van der Waals surface area contributed by atoms with Crippen LogP contribution in [0.2, 0.25) is 0 Å². The molecular weight excluding hydrogens is 1250 g/mol. The number of ketones is 1. The summed E-state index contributed by atoms with van der Waals surface area (Å²) < 4.78 is 6.08. The Labute approximate surface area is 525 Å². The fraction of sp³-hybridized carbons (Fsp3) is 0.271. The lowest BCUT2D eigenvalue weighted by Gasteiger charge is -2.29. The summed E-state index contributed by atoms with van der Waals surface area (Å²) in [6, 6.07) is 16.3. The maximum absolute atomic E-state index is 15.3. The maximum atomic E-state index is 15.3. The summed E-state index contributed by atoms with van der Waals surface area (Å²) in [5, 5.41) is 37.0. The highest BCUT2D eigenvalue weighted by Gasteiger charge is 2.46. The molecule has 0 aliphatic carbocycles. The standard InChI is InChI=1S/C59H52N12O11S6/c1-26-9-11-29(12-10-26)17-35-59(81)71-20-42(73)27(2)48(71)58-69-40(25-87-58)56-65-36(21-85-56)47-31(13-14-33(62-47)55-66-37(22-86-55)50(61)78)53-67-38(23-83-53)51(79)63-34(19-43(60)74)57-70-46(28(3)88-57)41(72)18-32(54-68-39(24-84-54)52(80)64-35)49(30-7-5-4-6-8-30)82-45(77)16-15-44(75)76/h4-14,21-25,27,32,34-35,42,48-49,73H,15-20H2,1-3H3,(H2,60,74)(H2,61,78)(H,63,79)(H,64,80)(H,75,76)/t27-,32-,34-,35-,42-,48-,49+/m0/s1. The second kappa shape index (κ2) is 25.9. The summed E-state index contributed by atoms with van der Waals surface area (Å²) in [7, 11) is 0. The lowest BCUT2D eigenvalue weighted by Crippen LogP contribution is -2.50. The minimum absolute atomic E-state index is 0.0351. The number of primary amides is 2. The van der Waals surface area contributed by atoms with Crippen LogP contribution in [-0.2, 0) is 30.3 Å². The Hall–Kier alpha value is -8.71. The van der Waals surface area contributed by atoms with Gasteiger partial charge in [-0.05, 0) is 37.1 Å². The van der Waals surface area contributed by atoms with Crippen molar-refractivity contribution in [3.63, 3.8) is 0 Å². The number of nitrogens with zero attached hydrogens (tertiary/aromatic N) is 8. The minimum Gasteiger partial charge on any atom is -0.481 e. The van der Waals surface area contributed by atoms with E-state index in [1.54, 1.807) is 60.1 Å². The summed E-state index contributed by atoms with van der Waals surface area (Å²) >= 11 is 6.88. The summed E-state index contributed by atoms with van der Waals surface area (Å²) in [5.74, 6) is -7.81. The van der Waals surface area contributed by atoms with Crippen molar-refractivity contribution < 1.29 is 53.3 Å². The molecule has 0 radical (unpaired) electrons. The molecular formula is C59H52N12O11S6. The van der Waals surface area contributed by atoms with Crippen LogP contribution in [0.15, 0.2) is 93.6 Å². The second-order valence-electron chi connectivity index (χ2n) is 20.9.